The van der Waals surface area contributed by atoms with Crippen molar-refractivity contribution in [3.63, 3.8) is 0 Å². The summed E-state index contributed by atoms with van der Waals surface area (Å²) in [5, 5.41) is 10.4. The maximum atomic E-state index is 4.06. The van der Waals surface area contributed by atoms with E-state index in [1.54, 1.807) is 12.4 Å². The first-order chi connectivity index (χ1) is 4.97. The van der Waals surface area contributed by atoms with Gasteiger partial charge in [-0.25, -0.2) is 0 Å². The van der Waals surface area contributed by atoms with Crippen molar-refractivity contribution in [3.05, 3.63) is 24.0 Å². The molecule has 0 bridgehead atoms. The third-order valence-electron chi connectivity index (χ3n) is 1.14. The average molecular weight is 157 g/mol. The molecule has 0 unspecified atom stereocenters. The van der Waals surface area contributed by atoms with Crippen molar-refractivity contribution in [2.45, 2.75) is 0 Å². The van der Waals surface area contributed by atoms with E-state index in [1.165, 1.54) is 11.3 Å². The van der Waals surface area contributed by atoms with Gasteiger partial charge in [0.15, 0.2) is 0 Å². The van der Waals surface area contributed by atoms with Gasteiger partial charge in [0.2, 0.25) is 0 Å². The molecule has 0 aliphatic rings. The van der Waals surface area contributed by atoms with E-state index in [9.17, 15) is 0 Å². The first-order valence-electron chi connectivity index (χ1n) is 2.78. The molecule has 0 aliphatic heterocycles. The van der Waals surface area contributed by atoms with Gasteiger partial charge in [-0.05, 0) is 10.6 Å². The van der Waals surface area contributed by atoms with Crippen LogP contribution in [0.4, 0.5) is 0 Å². The Morgan fingerprint density at radius 1 is 1.55 bits per heavy atom. The van der Waals surface area contributed by atoms with Gasteiger partial charge in [0, 0.05) is 12.4 Å². The minimum atomic E-state index is 0. The Kier molecular flexibility index (Phi) is 2.89. The summed E-state index contributed by atoms with van der Waals surface area (Å²) in [5.74, 6) is 0. The van der Waals surface area contributed by atoms with Gasteiger partial charge in [0.25, 0.3) is 0 Å². The Morgan fingerprint density at radius 2 is 2.45 bits per heavy atom. The normalized spacial score (nSPS) is 9.09. The van der Waals surface area contributed by atoms with E-state index in [1.807, 2.05) is 6.20 Å². The van der Waals surface area contributed by atoms with E-state index in [2.05, 4.69) is 20.6 Å². The van der Waals surface area contributed by atoms with Crippen LogP contribution in [0.25, 0.3) is 10.6 Å². The Labute approximate surface area is 80.0 Å². The molecule has 1 N–H and O–H groups in total. The van der Waals surface area contributed by atoms with Gasteiger partial charge in [-0.1, -0.05) is 6.20 Å². The largest absolute Gasteiger partial charge is 1.00 e. The number of aromatic nitrogens is 3. The van der Waals surface area contributed by atoms with Crippen molar-refractivity contribution in [3.8, 4) is 10.6 Å². The van der Waals surface area contributed by atoms with Crippen molar-refractivity contribution >= 4 is 11.3 Å². The monoisotopic (exact) mass is 157 g/mol. The summed E-state index contributed by atoms with van der Waals surface area (Å²) in [4.78, 5) is 4.06. The summed E-state index contributed by atoms with van der Waals surface area (Å²) in [6.07, 6.45) is 5.21. The fraction of sp³-hybridized carbons (Fsp3) is 0. The zero-order chi connectivity index (χ0) is 6.81. The molecule has 0 saturated carbocycles. The molecule has 0 saturated heterocycles. The molecule has 2 rings (SSSR count). The molecule has 2 aromatic heterocycles. The smallest absolute Gasteiger partial charge is 0.359 e. The van der Waals surface area contributed by atoms with Crippen LogP contribution in [0, 0.1) is 5.38 Å². The minimum Gasteiger partial charge on any atom is -0.359 e. The summed E-state index contributed by atoms with van der Waals surface area (Å²) in [7, 11) is 0. The molecule has 2 aromatic rings. The first-order valence-corrected chi connectivity index (χ1v) is 3.59. The predicted molar refractivity (Wildman–Crippen MR) is 38.5 cm³/mol. The third kappa shape index (κ3) is 1.72. The van der Waals surface area contributed by atoms with Gasteiger partial charge >= 0.3 is 18.9 Å². The molecule has 0 atom stereocenters. The number of thiazole rings is 1. The number of H-pyrrole nitrogens is 1. The Balaban J connectivity index is 0.000000605. The van der Waals surface area contributed by atoms with Crippen LogP contribution in [-0.4, -0.2) is 15.2 Å². The molecule has 0 aliphatic carbocycles. The van der Waals surface area contributed by atoms with Crippen molar-refractivity contribution in [2.24, 2.45) is 0 Å². The van der Waals surface area contributed by atoms with Crippen molar-refractivity contribution in [1.82, 2.24) is 15.2 Å². The van der Waals surface area contributed by atoms with Gasteiger partial charge < -0.3 is 16.3 Å². The van der Waals surface area contributed by atoms with Gasteiger partial charge in [-0.15, -0.1) is 0 Å². The summed E-state index contributed by atoms with van der Waals surface area (Å²) >= 11 is 1.48. The Hall–Kier alpha value is -0.563. The Morgan fingerprint density at radius 3 is 3.00 bits per heavy atom. The molecule has 11 heavy (non-hydrogen) atoms. The molecule has 0 spiro atoms. The number of hydrogen-bond acceptors (Lipinski definition) is 3. The van der Waals surface area contributed by atoms with E-state index in [-0.39, 0.29) is 18.9 Å². The maximum absolute atomic E-state index is 4.06. The molecule has 5 heteroatoms. The summed E-state index contributed by atoms with van der Waals surface area (Å²) in [6, 6.07) is 0. The molecular weight excluding hydrogens is 153 g/mol. The van der Waals surface area contributed by atoms with Gasteiger partial charge in [-0.3, -0.25) is 5.10 Å². The topological polar surface area (TPSA) is 41.6 Å². The molecule has 0 fully saturated rings. The van der Waals surface area contributed by atoms with E-state index in [0.717, 1.165) is 10.6 Å². The van der Waals surface area contributed by atoms with Crippen molar-refractivity contribution < 1.29 is 18.9 Å². The van der Waals surface area contributed by atoms with Gasteiger partial charge in [-0.2, -0.15) is 10.5 Å². The maximum Gasteiger partial charge on any atom is 1.00 e. The third-order valence-corrected chi connectivity index (χ3v) is 1.89. The van der Waals surface area contributed by atoms with Crippen LogP contribution >= 0.6 is 11.3 Å². The fourth-order valence-corrected chi connectivity index (χ4v) is 1.25. The van der Waals surface area contributed by atoms with E-state index < -0.39 is 0 Å². The van der Waals surface area contributed by atoms with Crippen molar-refractivity contribution in [1.29, 1.82) is 0 Å². The second kappa shape index (κ2) is 3.72. The zero-order valence-electron chi connectivity index (χ0n) is 6.03. The predicted octanol–water partition coefficient (Wildman–Crippen LogP) is -1.66. The van der Waals surface area contributed by atoms with Crippen LogP contribution in [0.3, 0.4) is 0 Å². The van der Waals surface area contributed by atoms with E-state index in [4.69, 9.17) is 0 Å². The zero-order valence-corrected chi connectivity index (χ0v) is 6.85. The minimum absolute atomic E-state index is 0. The molecule has 0 amide bonds. The Bertz CT molecular complexity index is 257. The van der Waals surface area contributed by atoms with Crippen LogP contribution in [0.5, 0.6) is 0 Å². The van der Waals surface area contributed by atoms with Gasteiger partial charge in [0.05, 0.1) is 0 Å². The number of nitrogens with one attached hydrogen (secondary N) is 1. The molecule has 0 radical (unpaired) electrons. The van der Waals surface area contributed by atoms with Crippen molar-refractivity contribution in [2.75, 3.05) is 0 Å². The molecule has 3 nitrogen and oxygen atoms in total. The number of rotatable bonds is 1. The van der Waals surface area contributed by atoms with Crippen LogP contribution in [-0.2, 0) is 0 Å². The number of aromatic amines is 1. The summed E-state index contributed by atoms with van der Waals surface area (Å²) in [6.45, 7) is 0. The quantitative estimate of drug-likeness (QED) is 0.397. The molecular formula is C6H4LiN3S. The van der Waals surface area contributed by atoms with E-state index >= 15 is 0 Å². The first kappa shape index (κ1) is 8.53. The number of hydrogen-bond donors (Lipinski definition) is 1. The SMILES string of the molecule is [Li+].[c-]1cnc(-c2cn[nH]c2)s1. The molecule has 0 aromatic carbocycles. The average Bonchev–Trinajstić information content (AvgIpc) is 2.59. The summed E-state index contributed by atoms with van der Waals surface area (Å²) < 4.78 is 0. The van der Waals surface area contributed by atoms with Crippen LogP contribution < -0.4 is 18.9 Å². The van der Waals surface area contributed by atoms with Crippen LogP contribution in [0.15, 0.2) is 18.6 Å². The molecule has 50 valence electrons. The van der Waals surface area contributed by atoms with E-state index in [0.29, 0.717) is 0 Å². The van der Waals surface area contributed by atoms with Crippen LogP contribution in [0.2, 0.25) is 0 Å². The second-order valence-corrected chi connectivity index (χ2v) is 2.60. The van der Waals surface area contributed by atoms with Gasteiger partial charge in [0.1, 0.15) is 0 Å². The summed E-state index contributed by atoms with van der Waals surface area (Å²) in [5.41, 5.74) is 1.02. The molecule has 2 heterocycles. The van der Waals surface area contributed by atoms with Crippen LogP contribution in [0.1, 0.15) is 0 Å². The number of nitrogens with zero attached hydrogens (tertiary/aromatic N) is 2. The standard InChI is InChI=1S/C6H4N3S.Li/c1-2-10-6(7-1)5-3-8-9-4-5;/h1,3-4H,(H,8,9);/q-1;+1. The fourth-order valence-electron chi connectivity index (χ4n) is 0.695. The second-order valence-electron chi connectivity index (χ2n) is 1.77.